The van der Waals surface area contributed by atoms with E-state index in [1.54, 1.807) is 10.9 Å². The molecule has 0 atom stereocenters. The molecule has 0 spiro atoms. The summed E-state index contributed by atoms with van der Waals surface area (Å²) in [6.45, 7) is 6.78. The Balaban J connectivity index is 1.23. The van der Waals surface area contributed by atoms with Crippen LogP contribution in [0.25, 0.3) is 16.9 Å². The van der Waals surface area contributed by atoms with Gasteiger partial charge in [-0.05, 0) is 57.2 Å². The van der Waals surface area contributed by atoms with E-state index in [1.165, 1.54) is 6.42 Å². The van der Waals surface area contributed by atoms with Crippen LogP contribution in [0.2, 0.25) is 0 Å². The van der Waals surface area contributed by atoms with Gasteiger partial charge in [-0.15, -0.1) is 0 Å². The van der Waals surface area contributed by atoms with Crippen LogP contribution in [0.15, 0.2) is 30.5 Å². The van der Waals surface area contributed by atoms with Crippen LogP contribution in [-0.4, -0.2) is 92.1 Å². The minimum absolute atomic E-state index is 0.0231. The number of piperazine rings is 1. The van der Waals surface area contributed by atoms with E-state index in [0.29, 0.717) is 55.7 Å². The van der Waals surface area contributed by atoms with Crippen molar-refractivity contribution in [1.82, 2.24) is 34.4 Å². The van der Waals surface area contributed by atoms with Crippen LogP contribution in [0.4, 0.5) is 0 Å². The fourth-order valence-corrected chi connectivity index (χ4v) is 5.42. The highest BCUT2D eigenvalue weighted by Crippen LogP contribution is 2.41. The van der Waals surface area contributed by atoms with Crippen molar-refractivity contribution in [3.63, 3.8) is 0 Å². The van der Waals surface area contributed by atoms with Crippen LogP contribution >= 0.6 is 0 Å². The van der Waals surface area contributed by atoms with Crippen molar-refractivity contribution >= 4 is 22.8 Å². The molecule has 2 amide bonds. The van der Waals surface area contributed by atoms with Crippen LogP contribution < -0.4 is 0 Å². The van der Waals surface area contributed by atoms with Crippen LogP contribution in [0.3, 0.4) is 0 Å². The second kappa shape index (κ2) is 9.61. The van der Waals surface area contributed by atoms with Gasteiger partial charge in [0.25, 0.3) is 5.91 Å². The highest BCUT2D eigenvalue weighted by molar-refractivity contribution is 6.07. The summed E-state index contributed by atoms with van der Waals surface area (Å²) >= 11 is 0. The lowest BCUT2D eigenvalue weighted by Crippen LogP contribution is -2.52. The Morgan fingerprint density at radius 2 is 1.75 bits per heavy atom. The van der Waals surface area contributed by atoms with E-state index in [9.17, 15) is 9.59 Å². The van der Waals surface area contributed by atoms with Crippen molar-refractivity contribution in [3.8, 4) is 5.82 Å². The second-order valence-corrected chi connectivity index (χ2v) is 10.3. The molecule has 188 valence electrons. The minimum atomic E-state index is 0.0231. The number of fused-ring (bicyclic) bond motifs is 1. The quantitative estimate of drug-likeness (QED) is 0.550. The van der Waals surface area contributed by atoms with Crippen LogP contribution in [0.1, 0.15) is 59.8 Å². The molecule has 2 aliphatic heterocycles. The Labute approximate surface area is 211 Å². The van der Waals surface area contributed by atoms with E-state index >= 15 is 0 Å². The van der Waals surface area contributed by atoms with Crippen molar-refractivity contribution in [2.75, 3.05) is 45.8 Å². The van der Waals surface area contributed by atoms with Crippen molar-refractivity contribution in [2.24, 2.45) is 0 Å². The molecule has 5 heterocycles. The van der Waals surface area contributed by atoms with Crippen molar-refractivity contribution in [3.05, 3.63) is 47.4 Å². The fourth-order valence-electron chi connectivity index (χ4n) is 5.42. The molecule has 0 N–H and O–H groups in total. The summed E-state index contributed by atoms with van der Waals surface area (Å²) in [7, 11) is 0. The number of nitrogens with zero attached hydrogens (tertiary/aromatic N) is 7. The molecule has 3 aliphatic rings. The number of hydrogen-bond acceptors (Lipinski definition) is 6. The number of carbonyl (C=O) groups excluding carboxylic acids is 2. The summed E-state index contributed by atoms with van der Waals surface area (Å²) in [5.41, 5.74) is 3.12. The molecule has 3 fully saturated rings. The topological polar surface area (TPSA) is 87.5 Å². The summed E-state index contributed by atoms with van der Waals surface area (Å²) in [5, 5.41) is 5.53. The van der Waals surface area contributed by atoms with E-state index in [2.05, 4.69) is 9.88 Å². The maximum absolute atomic E-state index is 13.8. The molecule has 0 aromatic carbocycles. The van der Waals surface area contributed by atoms with E-state index in [0.717, 1.165) is 55.5 Å². The molecule has 36 heavy (non-hydrogen) atoms. The van der Waals surface area contributed by atoms with Crippen LogP contribution in [0, 0.1) is 6.92 Å². The molecule has 0 radical (unpaired) electrons. The Kier molecular flexibility index (Phi) is 6.17. The predicted octanol–water partition coefficient (Wildman–Crippen LogP) is 2.77. The SMILES string of the molecule is Cc1nn(-c2ccccn2)c2nc(C3CC3)cc(C(=O)N3CCN(CC(=O)N4CCCCC4)CC3)c12. The average Bonchev–Trinajstić information content (AvgIpc) is 3.72. The molecule has 3 aromatic heterocycles. The summed E-state index contributed by atoms with van der Waals surface area (Å²) in [4.78, 5) is 42.0. The number of carbonyl (C=O) groups is 2. The first-order valence-corrected chi connectivity index (χ1v) is 13.2. The number of likely N-dealkylation sites (tertiary alicyclic amines) is 1. The maximum atomic E-state index is 13.8. The van der Waals surface area contributed by atoms with Gasteiger partial charge < -0.3 is 9.80 Å². The molecule has 0 bridgehead atoms. The van der Waals surface area contributed by atoms with E-state index in [4.69, 9.17) is 10.1 Å². The predicted molar refractivity (Wildman–Crippen MR) is 136 cm³/mol. The Hall–Kier alpha value is -3.33. The molecule has 3 aromatic rings. The summed E-state index contributed by atoms with van der Waals surface area (Å²) in [6.07, 6.45) is 7.38. The second-order valence-electron chi connectivity index (χ2n) is 10.3. The smallest absolute Gasteiger partial charge is 0.254 e. The fraction of sp³-hybridized carbons (Fsp3) is 0.519. The zero-order chi connectivity index (χ0) is 24.6. The molecule has 2 saturated heterocycles. The van der Waals surface area contributed by atoms with Gasteiger partial charge in [0.2, 0.25) is 5.91 Å². The number of pyridine rings is 2. The standard InChI is InChI=1S/C27H33N7O2/c1-19-25-21(17-22(20-8-9-20)29-26(25)34(30-19)23-7-3-4-10-28-23)27(36)33-15-13-31(14-16-33)18-24(35)32-11-5-2-6-12-32/h3-4,7,10,17,20H,2,5-6,8-9,11-16,18H2,1H3. The van der Waals surface area contributed by atoms with Gasteiger partial charge in [0, 0.05) is 57.1 Å². The van der Waals surface area contributed by atoms with Gasteiger partial charge in [0.05, 0.1) is 23.2 Å². The molecule has 1 saturated carbocycles. The maximum Gasteiger partial charge on any atom is 0.254 e. The number of piperidine rings is 1. The van der Waals surface area contributed by atoms with Crippen LogP contribution in [-0.2, 0) is 4.79 Å². The van der Waals surface area contributed by atoms with Gasteiger partial charge >= 0.3 is 0 Å². The largest absolute Gasteiger partial charge is 0.342 e. The Bertz CT molecular complexity index is 1270. The molecular formula is C27H33N7O2. The number of aromatic nitrogens is 4. The molecule has 9 heteroatoms. The molecular weight excluding hydrogens is 454 g/mol. The molecule has 1 aliphatic carbocycles. The molecule has 9 nitrogen and oxygen atoms in total. The van der Waals surface area contributed by atoms with Gasteiger partial charge in [0.1, 0.15) is 0 Å². The number of aryl methyl sites for hydroxylation is 1. The first kappa shape index (κ1) is 23.1. The summed E-state index contributed by atoms with van der Waals surface area (Å²) < 4.78 is 1.76. The first-order valence-electron chi connectivity index (χ1n) is 13.2. The summed E-state index contributed by atoms with van der Waals surface area (Å²) in [6, 6.07) is 7.70. The Morgan fingerprint density at radius 1 is 0.972 bits per heavy atom. The van der Waals surface area contributed by atoms with E-state index in [-0.39, 0.29) is 11.8 Å². The third-order valence-corrected chi connectivity index (χ3v) is 7.65. The lowest BCUT2D eigenvalue weighted by molar-refractivity contribution is -0.133. The normalized spacial score (nSPS) is 19.1. The van der Waals surface area contributed by atoms with E-state index in [1.807, 2.05) is 41.0 Å². The van der Waals surface area contributed by atoms with Crippen molar-refractivity contribution in [2.45, 2.75) is 44.9 Å². The number of hydrogen-bond donors (Lipinski definition) is 0. The summed E-state index contributed by atoms with van der Waals surface area (Å²) in [5.74, 6) is 1.35. The highest BCUT2D eigenvalue weighted by atomic mass is 16.2. The van der Waals surface area contributed by atoms with Gasteiger partial charge in [-0.2, -0.15) is 9.78 Å². The van der Waals surface area contributed by atoms with Gasteiger partial charge in [-0.3, -0.25) is 14.5 Å². The molecule has 6 rings (SSSR count). The van der Waals surface area contributed by atoms with Gasteiger partial charge in [0.15, 0.2) is 11.5 Å². The Morgan fingerprint density at radius 3 is 2.44 bits per heavy atom. The highest BCUT2D eigenvalue weighted by Gasteiger charge is 2.31. The average molecular weight is 488 g/mol. The monoisotopic (exact) mass is 487 g/mol. The van der Waals surface area contributed by atoms with E-state index < -0.39 is 0 Å². The van der Waals surface area contributed by atoms with Gasteiger partial charge in [-0.25, -0.2) is 9.97 Å². The zero-order valence-electron chi connectivity index (χ0n) is 20.9. The third-order valence-electron chi connectivity index (χ3n) is 7.65. The first-order chi connectivity index (χ1) is 17.6. The minimum Gasteiger partial charge on any atom is -0.342 e. The number of amides is 2. The van der Waals surface area contributed by atoms with Crippen molar-refractivity contribution in [1.29, 1.82) is 0 Å². The van der Waals surface area contributed by atoms with Crippen LogP contribution in [0.5, 0.6) is 0 Å². The lowest BCUT2D eigenvalue weighted by atomic mass is 10.1. The van der Waals surface area contributed by atoms with Crippen molar-refractivity contribution < 1.29 is 9.59 Å². The number of rotatable bonds is 5. The molecule has 0 unspecified atom stereocenters. The van der Waals surface area contributed by atoms with Gasteiger partial charge in [-0.1, -0.05) is 6.07 Å². The third kappa shape index (κ3) is 4.48. The lowest BCUT2D eigenvalue weighted by Gasteiger charge is -2.36. The zero-order valence-corrected chi connectivity index (χ0v) is 20.9.